The number of para-hydroxylation sites is 1. The Morgan fingerprint density at radius 3 is 2.13 bits per heavy atom. The van der Waals surface area contributed by atoms with Crippen molar-refractivity contribution < 1.29 is 9.47 Å². The number of hydrogen-bond donors (Lipinski definition) is 0. The third-order valence-electron chi connectivity index (χ3n) is 4.40. The third-order valence-corrected chi connectivity index (χ3v) is 5.29. The lowest BCUT2D eigenvalue weighted by molar-refractivity contribution is 0.340. The highest BCUT2D eigenvalue weighted by Crippen LogP contribution is 2.29. The lowest BCUT2D eigenvalue weighted by Crippen LogP contribution is -2.03. The van der Waals surface area contributed by atoms with Gasteiger partial charge in [0.05, 0.1) is 13.2 Å². The van der Waals surface area contributed by atoms with E-state index in [4.69, 9.17) is 9.47 Å². The first-order valence-corrected chi connectivity index (χ1v) is 10.9. The van der Waals surface area contributed by atoms with Gasteiger partial charge in [-0.2, -0.15) is 0 Å². The van der Waals surface area contributed by atoms with E-state index in [0.29, 0.717) is 13.2 Å². The molecule has 30 heavy (non-hydrogen) atoms. The first-order chi connectivity index (χ1) is 14.8. The highest BCUT2D eigenvalue weighted by molar-refractivity contribution is 7.99. The summed E-state index contributed by atoms with van der Waals surface area (Å²) in [7, 11) is 0. The van der Waals surface area contributed by atoms with E-state index in [1.807, 2.05) is 91.9 Å². The molecule has 0 aliphatic rings. The van der Waals surface area contributed by atoms with E-state index in [0.717, 1.165) is 39.5 Å². The van der Waals surface area contributed by atoms with Crippen molar-refractivity contribution >= 4 is 11.8 Å². The van der Waals surface area contributed by atoms with Gasteiger partial charge in [-0.15, -0.1) is 10.2 Å². The summed E-state index contributed by atoms with van der Waals surface area (Å²) in [6.07, 6.45) is 0. The molecular weight excluding hydrogens is 394 g/mol. The summed E-state index contributed by atoms with van der Waals surface area (Å²) in [5, 5.41) is 9.77. The largest absolute Gasteiger partial charge is 0.494 e. The van der Waals surface area contributed by atoms with Crippen molar-refractivity contribution in [3.63, 3.8) is 0 Å². The fourth-order valence-electron chi connectivity index (χ4n) is 3.04. The molecule has 1 aromatic heterocycles. The summed E-state index contributed by atoms with van der Waals surface area (Å²) < 4.78 is 13.5. The monoisotopic (exact) mass is 417 g/mol. The first-order valence-electron chi connectivity index (χ1n) is 9.90. The molecule has 0 aliphatic carbocycles. The van der Waals surface area contributed by atoms with Crippen LogP contribution in [0.3, 0.4) is 0 Å². The maximum absolute atomic E-state index is 5.81. The van der Waals surface area contributed by atoms with Gasteiger partial charge in [0, 0.05) is 17.0 Å². The van der Waals surface area contributed by atoms with Crippen LogP contribution in [0.4, 0.5) is 0 Å². The second-order valence-electron chi connectivity index (χ2n) is 6.44. The zero-order valence-corrected chi connectivity index (χ0v) is 17.6. The minimum Gasteiger partial charge on any atom is -0.494 e. The lowest BCUT2D eigenvalue weighted by Gasteiger charge is -2.12. The molecule has 0 spiro atoms. The van der Waals surface area contributed by atoms with Crippen LogP contribution in [0.25, 0.3) is 17.1 Å². The maximum Gasteiger partial charge on any atom is 0.196 e. The highest BCUT2D eigenvalue weighted by Gasteiger charge is 2.16. The molecule has 0 saturated carbocycles. The van der Waals surface area contributed by atoms with Gasteiger partial charge in [-0.05, 0) is 43.3 Å². The Hall–Kier alpha value is -3.25. The topological polar surface area (TPSA) is 49.2 Å². The van der Waals surface area contributed by atoms with Crippen molar-refractivity contribution in [2.75, 3.05) is 19.0 Å². The summed E-state index contributed by atoms with van der Waals surface area (Å²) in [6.45, 7) is 3.21. The maximum atomic E-state index is 5.81. The summed E-state index contributed by atoms with van der Waals surface area (Å²) in [6, 6.07) is 27.9. The third kappa shape index (κ3) is 4.83. The number of benzene rings is 3. The van der Waals surface area contributed by atoms with Crippen LogP contribution in [0.15, 0.2) is 90.1 Å². The van der Waals surface area contributed by atoms with Crippen LogP contribution in [0.1, 0.15) is 6.92 Å². The van der Waals surface area contributed by atoms with Crippen LogP contribution < -0.4 is 9.47 Å². The predicted octanol–water partition coefficient (Wildman–Crippen LogP) is 5.50. The smallest absolute Gasteiger partial charge is 0.196 e. The average Bonchev–Trinajstić information content (AvgIpc) is 3.23. The molecule has 152 valence electrons. The number of ether oxygens (including phenoxy) is 2. The second kappa shape index (κ2) is 9.98. The zero-order chi connectivity index (χ0) is 20.6. The van der Waals surface area contributed by atoms with Gasteiger partial charge in [0.15, 0.2) is 11.0 Å². The zero-order valence-electron chi connectivity index (χ0n) is 16.8. The van der Waals surface area contributed by atoms with E-state index >= 15 is 0 Å². The van der Waals surface area contributed by atoms with E-state index in [1.165, 1.54) is 0 Å². The van der Waals surface area contributed by atoms with Gasteiger partial charge >= 0.3 is 0 Å². The predicted molar refractivity (Wildman–Crippen MR) is 121 cm³/mol. The Morgan fingerprint density at radius 1 is 0.767 bits per heavy atom. The van der Waals surface area contributed by atoms with Crippen LogP contribution in [-0.2, 0) is 0 Å². The Morgan fingerprint density at radius 2 is 1.43 bits per heavy atom. The van der Waals surface area contributed by atoms with Gasteiger partial charge < -0.3 is 9.47 Å². The number of rotatable bonds is 9. The molecule has 0 atom stereocenters. The Balaban J connectivity index is 1.56. The number of nitrogens with zero attached hydrogens (tertiary/aromatic N) is 3. The summed E-state index contributed by atoms with van der Waals surface area (Å²) in [5.74, 6) is 3.29. The van der Waals surface area contributed by atoms with E-state index in [9.17, 15) is 0 Å². The van der Waals surface area contributed by atoms with Crippen LogP contribution in [0, 0.1) is 0 Å². The molecule has 1 heterocycles. The highest BCUT2D eigenvalue weighted by atomic mass is 32.2. The first kappa shape index (κ1) is 20.0. The molecule has 0 radical (unpaired) electrons. The van der Waals surface area contributed by atoms with Crippen molar-refractivity contribution in [3.05, 3.63) is 84.9 Å². The molecule has 4 aromatic rings. The van der Waals surface area contributed by atoms with Crippen LogP contribution >= 0.6 is 11.8 Å². The van der Waals surface area contributed by atoms with E-state index in [1.54, 1.807) is 11.8 Å². The number of thioether (sulfide) groups is 1. The Labute approximate surface area is 180 Å². The second-order valence-corrected chi connectivity index (χ2v) is 7.51. The molecule has 0 unspecified atom stereocenters. The molecule has 0 amide bonds. The number of aromatic nitrogens is 3. The average molecular weight is 418 g/mol. The standard InChI is InChI=1S/C24H23N3O2S/c1-2-28-22-15-13-20(14-16-22)27-23(19-9-5-3-6-10-19)25-26-24(27)30-18-17-29-21-11-7-4-8-12-21/h3-16H,2,17-18H2,1H3. The van der Waals surface area contributed by atoms with E-state index < -0.39 is 0 Å². The van der Waals surface area contributed by atoms with Crippen molar-refractivity contribution in [1.29, 1.82) is 0 Å². The molecule has 0 bridgehead atoms. The molecule has 0 N–H and O–H groups in total. The molecule has 0 fully saturated rings. The van der Waals surface area contributed by atoms with Crippen molar-refractivity contribution in [3.8, 4) is 28.6 Å². The van der Waals surface area contributed by atoms with Crippen LogP contribution in [-0.4, -0.2) is 33.7 Å². The quantitative estimate of drug-likeness (QED) is 0.266. The molecule has 6 heteroatoms. The van der Waals surface area contributed by atoms with Gasteiger partial charge in [0.1, 0.15) is 11.5 Å². The number of hydrogen-bond acceptors (Lipinski definition) is 5. The summed E-state index contributed by atoms with van der Waals surface area (Å²) in [4.78, 5) is 0. The molecule has 0 saturated heterocycles. The van der Waals surface area contributed by atoms with Crippen molar-refractivity contribution in [2.24, 2.45) is 0 Å². The van der Waals surface area contributed by atoms with Gasteiger partial charge in [-0.3, -0.25) is 4.57 Å². The minimum absolute atomic E-state index is 0.589. The van der Waals surface area contributed by atoms with Crippen molar-refractivity contribution in [2.45, 2.75) is 12.1 Å². The molecule has 4 rings (SSSR count). The van der Waals surface area contributed by atoms with E-state index in [-0.39, 0.29) is 0 Å². The van der Waals surface area contributed by atoms with Gasteiger partial charge in [0.25, 0.3) is 0 Å². The molecule has 0 aliphatic heterocycles. The van der Waals surface area contributed by atoms with Crippen LogP contribution in [0.2, 0.25) is 0 Å². The SMILES string of the molecule is CCOc1ccc(-n2c(SCCOc3ccccc3)nnc2-c2ccccc2)cc1. The van der Waals surface area contributed by atoms with Gasteiger partial charge in [-0.1, -0.05) is 60.3 Å². The lowest BCUT2D eigenvalue weighted by atomic mass is 10.2. The molecule has 5 nitrogen and oxygen atoms in total. The van der Waals surface area contributed by atoms with Crippen LogP contribution in [0.5, 0.6) is 11.5 Å². The molecule has 3 aromatic carbocycles. The Bertz CT molecular complexity index is 1050. The fourth-order valence-corrected chi connectivity index (χ4v) is 3.81. The normalized spacial score (nSPS) is 10.7. The Kier molecular flexibility index (Phi) is 6.67. The summed E-state index contributed by atoms with van der Waals surface area (Å²) >= 11 is 1.62. The molecular formula is C24H23N3O2S. The van der Waals surface area contributed by atoms with Crippen molar-refractivity contribution in [1.82, 2.24) is 14.8 Å². The minimum atomic E-state index is 0.589. The fraction of sp³-hybridized carbons (Fsp3) is 0.167. The van der Waals surface area contributed by atoms with Gasteiger partial charge in [0.2, 0.25) is 0 Å². The van der Waals surface area contributed by atoms with Gasteiger partial charge in [-0.25, -0.2) is 0 Å². The van der Waals surface area contributed by atoms with E-state index in [2.05, 4.69) is 14.8 Å². The summed E-state index contributed by atoms with van der Waals surface area (Å²) in [5.41, 5.74) is 2.01.